The van der Waals surface area contributed by atoms with Gasteiger partial charge in [0.15, 0.2) is 0 Å². The summed E-state index contributed by atoms with van der Waals surface area (Å²) in [6.45, 7) is 3.28. The molecule has 2 aromatic rings. The van der Waals surface area contributed by atoms with Gasteiger partial charge in [0, 0.05) is 16.3 Å². The minimum atomic E-state index is 0.435. The SMILES string of the molecule is Cc1cc(C2NCCc3sccc32)cs1. The van der Waals surface area contributed by atoms with Crippen LogP contribution in [0.3, 0.4) is 0 Å². The minimum Gasteiger partial charge on any atom is -0.306 e. The molecule has 1 aliphatic heterocycles. The van der Waals surface area contributed by atoms with Crippen molar-refractivity contribution in [2.24, 2.45) is 0 Å². The Balaban J connectivity index is 2.02. The van der Waals surface area contributed by atoms with Gasteiger partial charge in [0.2, 0.25) is 0 Å². The Kier molecular flexibility index (Phi) is 2.39. The van der Waals surface area contributed by atoms with E-state index in [0.717, 1.165) is 6.54 Å². The summed E-state index contributed by atoms with van der Waals surface area (Å²) in [5.74, 6) is 0. The first-order chi connectivity index (χ1) is 7.34. The molecular weight excluding hydrogens is 222 g/mol. The molecule has 0 saturated carbocycles. The number of hydrogen-bond acceptors (Lipinski definition) is 3. The van der Waals surface area contributed by atoms with Crippen LogP contribution < -0.4 is 5.32 Å². The van der Waals surface area contributed by atoms with Crippen molar-refractivity contribution in [2.75, 3.05) is 6.54 Å². The third-order valence-corrected chi connectivity index (χ3v) is 4.75. The first-order valence-corrected chi connectivity index (χ1v) is 6.95. The van der Waals surface area contributed by atoms with Crippen LogP contribution in [0.4, 0.5) is 0 Å². The lowest BCUT2D eigenvalue weighted by Gasteiger charge is -2.23. The predicted octanol–water partition coefficient (Wildman–Crippen LogP) is 3.35. The molecule has 0 spiro atoms. The van der Waals surface area contributed by atoms with Crippen molar-refractivity contribution in [2.45, 2.75) is 19.4 Å². The lowest BCUT2D eigenvalue weighted by atomic mass is 9.97. The average molecular weight is 235 g/mol. The topological polar surface area (TPSA) is 12.0 Å². The van der Waals surface area contributed by atoms with Crippen molar-refractivity contribution >= 4 is 22.7 Å². The van der Waals surface area contributed by atoms with Gasteiger partial charge in [-0.25, -0.2) is 0 Å². The fourth-order valence-corrected chi connectivity index (χ4v) is 3.81. The van der Waals surface area contributed by atoms with Crippen LogP contribution in [0, 0.1) is 6.92 Å². The van der Waals surface area contributed by atoms with Gasteiger partial charge >= 0.3 is 0 Å². The second-order valence-corrected chi connectivity index (χ2v) is 6.04. The Hall–Kier alpha value is -0.640. The average Bonchev–Trinajstić information content (AvgIpc) is 2.84. The zero-order valence-electron chi connectivity index (χ0n) is 8.62. The van der Waals surface area contributed by atoms with E-state index < -0.39 is 0 Å². The highest BCUT2D eigenvalue weighted by Crippen LogP contribution is 2.33. The number of aryl methyl sites for hydroxylation is 1. The zero-order valence-corrected chi connectivity index (χ0v) is 10.3. The Labute approximate surface area is 97.8 Å². The first kappa shape index (κ1) is 9.58. The van der Waals surface area contributed by atoms with E-state index in [0.29, 0.717) is 6.04 Å². The molecule has 2 aromatic heterocycles. The molecule has 0 aromatic carbocycles. The van der Waals surface area contributed by atoms with Crippen molar-refractivity contribution in [3.63, 3.8) is 0 Å². The molecule has 3 heteroatoms. The van der Waals surface area contributed by atoms with E-state index in [1.54, 1.807) is 4.88 Å². The van der Waals surface area contributed by atoms with Gasteiger partial charge in [0.1, 0.15) is 0 Å². The molecule has 0 bridgehead atoms. The summed E-state index contributed by atoms with van der Waals surface area (Å²) in [5.41, 5.74) is 2.92. The third kappa shape index (κ3) is 1.65. The summed E-state index contributed by atoms with van der Waals surface area (Å²) in [6.07, 6.45) is 1.19. The van der Waals surface area contributed by atoms with Crippen molar-refractivity contribution in [3.8, 4) is 0 Å². The standard InChI is InChI=1S/C12H13NS2/c1-8-6-9(7-15-8)12-10-3-5-14-11(10)2-4-13-12/h3,5-7,12-13H,2,4H2,1H3. The van der Waals surface area contributed by atoms with Crippen LogP contribution in [0.1, 0.15) is 26.9 Å². The molecular formula is C12H13NS2. The molecule has 1 atom stereocenters. The summed E-state index contributed by atoms with van der Waals surface area (Å²) >= 11 is 3.73. The monoisotopic (exact) mass is 235 g/mol. The Morgan fingerprint density at radius 2 is 2.33 bits per heavy atom. The lowest BCUT2D eigenvalue weighted by molar-refractivity contribution is 0.576. The van der Waals surface area contributed by atoms with E-state index in [1.165, 1.54) is 22.4 Å². The summed E-state index contributed by atoms with van der Waals surface area (Å²) in [7, 11) is 0. The molecule has 1 aliphatic rings. The smallest absolute Gasteiger partial charge is 0.0596 e. The van der Waals surface area contributed by atoms with Crippen molar-refractivity contribution in [3.05, 3.63) is 43.8 Å². The molecule has 1 N–H and O–H groups in total. The van der Waals surface area contributed by atoms with Gasteiger partial charge in [-0.15, -0.1) is 22.7 Å². The largest absolute Gasteiger partial charge is 0.306 e. The van der Waals surface area contributed by atoms with Crippen molar-refractivity contribution in [1.82, 2.24) is 5.32 Å². The number of thiophene rings is 2. The third-order valence-electron chi connectivity index (χ3n) is 2.88. The molecule has 3 heterocycles. The molecule has 1 unspecified atom stereocenters. The van der Waals surface area contributed by atoms with Crippen molar-refractivity contribution in [1.29, 1.82) is 0 Å². The van der Waals surface area contributed by atoms with Gasteiger partial charge in [-0.05, 0) is 47.4 Å². The molecule has 0 aliphatic carbocycles. The fraction of sp³-hybridized carbons (Fsp3) is 0.333. The van der Waals surface area contributed by atoms with Gasteiger partial charge < -0.3 is 5.32 Å². The predicted molar refractivity (Wildman–Crippen MR) is 66.9 cm³/mol. The molecule has 1 nitrogen and oxygen atoms in total. The normalized spacial score (nSPS) is 20.2. The van der Waals surface area contributed by atoms with E-state index in [1.807, 2.05) is 22.7 Å². The maximum Gasteiger partial charge on any atom is 0.0596 e. The van der Waals surface area contributed by atoms with E-state index in [2.05, 4.69) is 35.1 Å². The summed E-state index contributed by atoms with van der Waals surface area (Å²) in [6, 6.07) is 5.00. The highest BCUT2D eigenvalue weighted by Gasteiger charge is 2.22. The van der Waals surface area contributed by atoms with Gasteiger partial charge in [0.05, 0.1) is 6.04 Å². The Morgan fingerprint density at radius 1 is 1.40 bits per heavy atom. The number of hydrogen-bond donors (Lipinski definition) is 1. The Bertz CT molecular complexity index is 469. The van der Waals surface area contributed by atoms with Crippen LogP contribution in [0.2, 0.25) is 0 Å². The highest BCUT2D eigenvalue weighted by molar-refractivity contribution is 7.10. The fourth-order valence-electron chi connectivity index (χ4n) is 2.16. The molecule has 15 heavy (non-hydrogen) atoms. The van der Waals surface area contributed by atoms with Gasteiger partial charge in [-0.2, -0.15) is 0 Å². The van der Waals surface area contributed by atoms with Gasteiger partial charge in [-0.3, -0.25) is 0 Å². The molecule has 0 radical (unpaired) electrons. The van der Waals surface area contributed by atoms with E-state index in [9.17, 15) is 0 Å². The van der Waals surface area contributed by atoms with Crippen LogP contribution in [0.15, 0.2) is 22.9 Å². The first-order valence-electron chi connectivity index (χ1n) is 5.19. The van der Waals surface area contributed by atoms with E-state index >= 15 is 0 Å². The van der Waals surface area contributed by atoms with Crippen LogP contribution in [0.25, 0.3) is 0 Å². The van der Waals surface area contributed by atoms with Crippen LogP contribution in [0.5, 0.6) is 0 Å². The second kappa shape index (κ2) is 3.74. The second-order valence-electron chi connectivity index (χ2n) is 3.93. The van der Waals surface area contributed by atoms with Crippen LogP contribution >= 0.6 is 22.7 Å². The minimum absolute atomic E-state index is 0.435. The number of nitrogens with one attached hydrogen (secondary N) is 1. The van der Waals surface area contributed by atoms with Crippen molar-refractivity contribution < 1.29 is 0 Å². The quantitative estimate of drug-likeness (QED) is 0.799. The molecule has 0 fully saturated rings. The van der Waals surface area contributed by atoms with E-state index in [-0.39, 0.29) is 0 Å². The van der Waals surface area contributed by atoms with E-state index in [4.69, 9.17) is 0 Å². The van der Waals surface area contributed by atoms with Gasteiger partial charge in [0.25, 0.3) is 0 Å². The summed E-state index contributed by atoms with van der Waals surface area (Å²) in [5, 5.41) is 8.09. The number of rotatable bonds is 1. The Morgan fingerprint density at radius 3 is 3.13 bits per heavy atom. The van der Waals surface area contributed by atoms with Crippen LogP contribution in [-0.2, 0) is 6.42 Å². The number of fused-ring (bicyclic) bond motifs is 1. The molecule has 3 rings (SSSR count). The maximum atomic E-state index is 3.60. The molecule has 0 saturated heterocycles. The molecule has 0 amide bonds. The summed E-state index contributed by atoms with van der Waals surface area (Å²) in [4.78, 5) is 2.96. The zero-order chi connectivity index (χ0) is 10.3. The summed E-state index contributed by atoms with van der Waals surface area (Å²) < 4.78 is 0. The highest BCUT2D eigenvalue weighted by atomic mass is 32.1. The lowest BCUT2D eigenvalue weighted by Crippen LogP contribution is -2.29. The maximum absolute atomic E-state index is 3.60. The van der Waals surface area contributed by atoms with Gasteiger partial charge in [-0.1, -0.05) is 0 Å². The molecule has 78 valence electrons. The van der Waals surface area contributed by atoms with Crippen LogP contribution in [-0.4, -0.2) is 6.54 Å².